The van der Waals surface area contributed by atoms with Crippen LogP contribution in [0.3, 0.4) is 0 Å². The summed E-state index contributed by atoms with van der Waals surface area (Å²) in [6.07, 6.45) is -0.0854. The minimum atomic E-state index is -0.864. The molecule has 0 radical (unpaired) electrons. The number of benzene rings is 1. The highest BCUT2D eigenvalue weighted by Crippen LogP contribution is 2.33. The van der Waals surface area contributed by atoms with Crippen LogP contribution in [0.15, 0.2) is 36.4 Å². The van der Waals surface area contributed by atoms with E-state index in [0.29, 0.717) is 5.69 Å². The van der Waals surface area contributed by atoms with Crippen LogP contribution in [0.25, 0.3) is 0 Å². The molecule has 0 fully saturated rings. The van der Waals surface area contributed by atoms with Crippen molar-refractivity contribution < 1.29 is 14.5 Å². The van der Waals surface area contributed by atoms with E-state index >= 15 is 0 Å². The highest BCUT2D eigenvalue weighted by molar-refractivity contribution is 5.99. The molecule has 1 aromatic carbocycles. The summed E-state index contributed by atoms with van der Waals surface area (Å²) in [5.41, 5.74) is 2.49. The largest absolute Gasteiger partial charge is 0.473 e. The lowest BCUT2D eigenvalue weighted by Gasteiger charge is -2.26. The molecule has 2 aromatic rings. The molecule has 7 nitrogen and oxygen atoms in total. The summed E-state index contributed by atoms with van der Waals surface area (Å²) in [7, 11) is 0. The molecule has 25 heavy (non-hydrogen) atoms. The third kappa shape index (κ3) is 3.17. The predicted molar refractivity (Wildman–Crippen MR) is 92.8 cm³/mol. The zero-order valence-corrected chi connectivity index (χ0v) is 14.3. The number of aromatic nitrogens is 1. The quantitative estimate of drug-likeness (QED) is 0.630. The lowest BCUT2D eigenvalue weighted by atomic mass is 10.1. The Kier molecular flexibility index (Phi) is 4.39. The number of pyridine rings is 1. The second-order valence-corrected chi connectivity index (χ2v) is 6.18. The molecule has 7 heteroatoms. The van der Waals surface area contributed by atoms with Gasteiger partial charge < -0.3 is 19.8 Å². The van der Waals surface area contributed by atoms with Crippen LogP contribution < -0.4 is 9.64 Å². The third-order valence-corrected chi connectivity index (χ3v) is 4.25. The van der Waals surface area contributed by atoms with Crippen LogP contribution in [0.4, 0.5) is 11.5 Å². The summed E-state index contributed by atoms with van der Waals surface area (Å²) in [5, 5.41) is 11.2. The number of hydrogen-bond acceptors (Lipinski definition) is 5. The van der Waals surface area contributed by atoms with Gasteiger partial charge in [0.05, 0.1) is 0 Å². The van der Waals surface area contributed by atoms with Crippen molar-refractivity contribution in [1.29, 1.82) is 0 Å². The minimum Gasteiger partial charge on any atom is -0.473 e. The first-order valence-corrected chi connectivity index (χ1v) is 8.08. The van der Waals surface area contributed by atoms with E-state index in [0.717, 1.165) is 17.7 Å². The molecule has 2 heterocycles. The Morgan fingerprint density at radius 3 is 2.80 bits per heavy atom. The van der Waals surface area contributed by atoms with Crippen LogP contribution in [-0.4, -0.2) is 28.0 Å². The van der Waals surface area contributed by atoms with Crippen molar-refractivity contribution >= 4 is 17.4 Å². The molecule has 0 spiro atoms. The molecular formula is C18H19N3O4. The Hall–Kier alpha value is -2.96. The SMILES string of the molecule is Cc1ccc(O[C@@H](C)C(=O)N2c3ccccc3C[C@@H]2C)c([N+](=O)[O-])n1. The Labute approximate surface area is 145 Å². The highest BCUT2D eigenvalue weighted by atomic mass is 16.6. The van der Waals surface area contributed by atoms with Gasteiger partial charge in [-0.05, 0) is 53.9 Å². The lowest BCUT2D eigenvalue weighted by molar-refractivity contribution is -0.390. The van der Waals surface area contributed by atoms with Crippen molar-refractivity contribution in [3.63, 3.8) is 0 Å². The summed E-state index contributed by atoms with van der Waals surface area (Å²) in [6.45, 7) is 5.23. The Morgan fingerprint density at radius 1 is 1.36 bits per heavy atom. The molecule has 130 valence electrons. The van der Waals surface area contributed by atoms with Crippen molar-refractivity contribution in [2.75, 3.05) is 4.90 Å². The van der Waals surface area contributed by atoms with Crippen LogP contribution in [0.1, 0.15) is 25.1 Å². The first-order valence-electron chi connectivity index (χ1n) is 8.08. The molecule has 1 aliphatic heterocycles. The molecule has 0 aliphatic carbocycles. The molecule has 0 unspecified atom stereocenters. The predicted octanol–water partition coefficient (Wildman–Crippen LogP) is 3.04. The van der Waals surface area contributed by atoms with Gasteiger partial charge in [-0.15, -0.1) is 0 Å². The van der Waals surface area contributed by atoms with Gasteiger partial charge >= 0.3 is 5.82 Å². The van der Waals surface area contributed by atoms with Crippen molar-refractivity contribution in [3.8, 4) is 5.75 Å². The van der Waals surface area contributed by atoms with E-state index in [1.54, 1.807) is 24.8 Å². The normalized spacial score (nSPS) is 17.1. The number of fused-ring (bicyclic) bond motifs is 1. The van der Waals surface area contributed by atoms with Gasteiger partial charge in [0.1, 0.15) is 5.69 Å². The van der Waals surface area contributed by atoms with Gasteiger partial charge in [0.25, 0.3) is 5.91 Å². The summed E-state index contributed by atoms with van der Waals surface area (Å²) in [5.74, 6) is -0.613. The average molecular weight is 341 g/mol. The summed E-state index contributed by atoms with van der Waals surface area (Å²) < 4.78 is 5.60. The third-order valence-electron chi connectivity index (χ3n) is 4.25. The number of hydrogen-bond donors (Lipinski definition) is 0. The first kappa shape index (κ1) is 16.9. The number of para-hydroxylation sites is 1. The van der Waals surface area contributed by atoms with Crippen LogP contribution in [0, 0.1) is 17.0 Å². The second-order valence-electron chi connectivity index (χ2n) is 6.18. The van der Waals surface area contributed by atoms with Crippen LogP contribution >= 0.6 is 0 Å². The van der Waals surface area contributed by atoms with E-state index in [2.05, 4.69) is 4.98 Å². The van der Waals surface area contributed by atoms with Gasteiger partial charge in [-0.25, -0.2) is 0 Å². The van der Waals surface area contributed by atoms with Gasteiger partial charge in [-0.1, -0.05) is 18.2 Å². The van der Waals surface area contributed by atoms with Gasteiger partial charge in [-0.2, -0.15) is 0 Å². The van der Waals surface area contributed by atoms with E-state index in [4.69, 9.17) is 4.74 Å². The zero-order chi connectivity index (χ0) is 18.1. The van der Waals surface area contributed by atoms with E-state index in [-0.39, 0.29) is 23.5 Å². The highest BCUT2D eigenvalue weighted by Gasteiger charge is 2.34. The molecule has 1 amide bonds. The van der Waals surface area contributed by atoms with Crippen LogP contribution in [-0.2, 0) is 11.2 Å². The first-order chi connectivity index (χ1) is 11.9. The fraction of sp³-hybridized carbons (Fsp3) is 0.333. The molecular weight excluding hydrogens is 322 g/mol. The second kappa shape index (κ2) is 6.51. The number of nitro groups is 1. The van der Waals surface area contributed by atoms with Gasteiger partial charge in [-0.3, -0.25) is 4.79 Å². The van der Waals surface area contributed by atoms with E-state index < -0.39 is 11.0 Å². The summed E-state index contributed by atoms with van der Waals surface area (Å²) in [4.78, 5) is 29.0. The number of carbonyl (C=O) groups excluding carboxylic acids is 1. The Morgan fingerprint density at radius 2 is 2.08 bits per heavy atom. The maximum Gasteiger partial charge on any atom is 0.406 e. The Bertz CT molecular complexity index is 837. The van der Waals surface area contributed by atoms with Crippen molar-refractivity contribution in [1.82, 2.24) is 4.98 Å². The van der Waals surface area contributed by atoms with Crippen molar-refractivity contribution in [2.45, 2.75) is 39.3 Å². The number of amides is 1. The number of rotatable bonds is 4. The Balaban J connectivity index is 1.84. The smallest absolute Gasteiger partial charge is 0.406 e. The number of nitrogens with zero attached hydrogens (tertiary/aromatic N) is 3. The van der Waals surface area contributed by atoms with Crippen LogP contribution in [0.5, 0.6) is 5.75 Å². The summed E-state index contributed by atoms with van der Waals surface area (Å²) in [6, 6.07) is 10.8. The van der Waals surface area contributed by atoms with E-state index in [9.17, 15) is 14.9 Å². The molecule has 0 saturated carbocycles. The van der Waals surface area contributed by atoms with Crippen LogP contribution in [0.2, 0.25) is 0 Å². The van der Waals surface area contributed by atoms with Crippen molar-refractivity contribution in [3.05, 3.63) is 57.8 Å². The standard InChI is InChI=1S/C18H19N3O4/c1-11-8-9-16(17(19-11)21(23)24)25-13(3)18(22)20-12(2)10-14-6-4-5-7-15(14)20/h4-9,12-13H,10H2,1-3H3/t12-,13-/m0/s1. The molecule has 1 aromatic heterocycles. The lowest BCUT2D eigenvalue weighted by Crippen LogP contribution is -2.43. The maximum absolute atomic E-state index is 12.9. The minimum absolute atomic E-state index is 0.00316. The molecule has 0 bridgehead atoms. The molecule has 1 aliphatic rings. The summed E-state index contributed by atoms with van der Waals surface area (Å²) >= 11 is 0. The van der Waals surface area contributed by atoms with Gasteiger partial charge in [0.2, 0.25) is 5.75 Å². The molecule has 0 N–H and O–H groups in total. The zero-order valence-electron chi connectivity index (χ0n) is 14.3. The fourth-order valence-corrected chi connectivity index (χ4v) is 3.09. The number of ether oxygens (including phenoxy) is 1. The molecule has 3 rings (SSSR count). The molecule has 0 saturated heterocycles. The molecule has 2 atom stereocenters. The number of carbonyl (C=O) groups is 1. The van der Waals surface area contributed by atoms with E-state index in [1.165, 1.54) is 6.07 Å². The van der Waals surface area contributed by atoms with Gasteiger partial charge in [0.15, 0.2) is 6.10 Å². The van der Waals surface area contributed by atoms with Gasteiger partial charge in [0, 0.05) is 18.7 Å². The number of aryl methyl sites for hydroxylation is 1. The maximum atomic E-state index is 12.9. The monoisotopic (exact) mass is 341 g/mol. The topological polar surface area (TPSA) is 85.6 Å². The average Bonchev–Trinajstić information content (AvgIpc) is 2.91. The number of anilines is 1. The van der Waals surface area contributed by atoms with Crippen molar-refractivity contribution in [2.24, 2.45) is 0 Å². The van der Waals surface area contributed by atoms with E-state index in [1.807, 2.05) is 31.2 Å². The fourth-order valence-electron chi connectivity index (χ4n) is 3.09.